The number of carbonyl (C=O) groups is 1. The number of rotatable bonds is 5. The normalized spacial score (nSPS) is 15.0. The van der Waals surface area contributed by atoms with Gasteiger partial charge in [0, 0.05) is 11.8 Å². The van der Waals surface area contributed by atoms with E-state index < -0.39 is 11.6 Å². The van der Waals surface area contributed by atoms with Crippen LogP contribution in [0.5, 0.6) is 0 Å². The Hall–Kier alpha value is -2.03. The van der Waals surface area contributed by atoms with Crippen molar-refractivity contribution in [2.75, 3.05) is 11.1 Å². The second-order valence-corrected chi connectivity index (χ2v) is 6.28. The van der Waals surface area contributed by atoms with Crippen molar-refractivity contribution in [1.82, 2.24) is 20.2 Å². The minimum atomic E-state index is -0.738. The summed E-state index contributed by atoms with van der Waals surface area (Å²) in [6, 6.07) is 3.16. The molecule has 1 fully saturated rings. The summed E-state index contributed by atoms with van der Waals surface area (Å²) in [4.78, 5) is 11.9. The van der Waals surface area contributed by atoms with Crippen molar-refractivity contribution in [1.29, 1.82) is 0 Å². The first-order valence-corrected chi connectivity index (χ1v) is 8.27. The number of nitrogens with zero attached hydrogens (tertiary/aromatic N) is 4. The highest BCUT2D eigenvalue weighted by atomic mass is 32.2. The van der Waals surface area contributed by atoms with Crippen LogP contribution in [-0.4, -0.2) is 31.9 Å². The van der Waals surface area contributed by atoms with Crippen molar-refractivity contribution in [2.24, 2.45) is 0 Å². The van der Waals surface area contributed by atoms with Gasteiger partial charge in [-0.3, -0.25) is 4.79 Å². The van der Waals surface area contributed by atoms with Gasteiger partial charge in [0.15, 0.2) is 0 Å². The molecule has 6 nitrogen and oxygen atoms in total. The first-order chi connectivity index (χ1) is 11.1. The van der Waals surface area contributed by atoms with Gasteiger partial charge in [-0.2, -0.15) is 0 Å². The first-order valence-electron chi connectivity index (χ1n) is 7.28. The van der Waals surface area contributed by atoms with Gasteiger partial charge in [-0.25, -0.2) is 13.5 Å². The molecule has 1 aromatic carbocycles. The molecule has 1 N–H and O–H groups in total. The Balaban J connectivity index is 1.58. The molecule has 1 amide bonds. The fourth-order valence-corrected chi connectivity index (χ4v) is 3.36. The number of amides is 1. The van der Waals surface area contributed by atoms with Crippen LogP contribution in [0.2, 0.25) is 0 Å². The van der Waals surface area contributed by atoms with Crippen LogP contribution in [0.4, 0.5) is 14.5 Å². The molecule has 1 aliphatic rings. The van der Waals surface area contributed by atoms with E-state index in [1.54, 1.807) is 4.68 Å². The fraction of sp³-hybridized carbons (Fsp3) is 0.429. The van der Waals surface area contributed by atoms with Gasteiger partial charge >= 0.3 is 0 Å². The van der Waals surface area contributed by atoms with Crippen LogP contribution in [0.25, 0.3) is 0 Å². The van der Waals surface area contributed by atoms with Gasteiger partial charge in [-0.1, -0.05) is 24.6 Å². The zero-order valence-electron chi connectivity index (χ0n) is 12.2. The number of halogens is 2. The molecule has 23 heavy (non-hydrogen) atoms. The Morgan fingerprint density at radius 3 is 2.65 bits per heavy atom. The number of anilines is 1. The highest BCUT2D eigenvalue weighted by Gasteiger charge is 2.22. The fourth-order valence-electron chi connectivity index (χ4n) is 2.61. The van der Waals surface area contributed by atoms with Gasteiger partial charge in [0.1, 0.15) is 11.6 Å². The number of benzene rings is 1. The lowest BCUT2D eigenvalue weighted by molar-refractivity contribution is -0.113. The molecule has 3 rings (SSSR count). The first kappa shape index (κ1) is 15.9. The Morgan fingerprint density at radius 1 is 1.26 bits per heavy atom. The molecular weight excluding hydrogens is 324 g/mol. The summed E-state index contributed by atoms with van der Waals surface area (Å²) in [5.41, 5.74) is 0.0866. The highest BCUT2D eigenvalue weighted by molar-refractivity contribution is 7.99. The van der Waals surface area contributed by atoms with Gasteiger partial charge < -0.3 is 5.32 Å². The van der Waals surface area contributed by atoms with Gasteiger partial charge in [0.25, 0.3) is 0 Å². The maximum atomic E-state index is 13.1. The van der Waals surface area contributed by atoms with Crippen LogP contribution in [0.3, 0.4) is 0 Å². The number of nitrogens with one attached hydrogen (secondary N) is 1. The standard InChI is InChI=1S/C14H15F2N5OS/c15-9-5-10(16)7-11(6-9)17-13(22)8-23-14-18-19-20-21(14)12-3-1-2-4-12/h5-7,12H,1-4,8H2,(H,17,22). The van der Waals surface area contributed by atoms with Crippen LogP contribution in [0.1, 0.15) is 31.7 Å². The van der Waals surface area contributed by atoms with E-state index in [0.29, 0.717) is 5.16 Å². The van der Waals surface area contributed by atoms with Crippen molar-refractivity contribution in [3.05, 3.63) is 29.8 Å². The molecular formula is C14H15F2N5OS. The SMILES string of the molecule is O=C(CSc1nnnn1C1CCCC1)Nc1cc(F)cc(F)c1. The van der Waals surface area contributed by atoms with E-state index in [1.165, 1.54) is 11.8 Å². The molecule has 9 heteroatoms. The predicted molar refractivity (Wildman–Crippen MR) is 81.0 cm³/mol. The smallest absolute Gasteiger partial charge is 0.234 e. The Morgan fingerprint density at radius 2 is 1.96 bits per heavy atom. The van der Waals surface area contributed by atoms with E-state index >= 15 is 0 Å². The number of carbonyl (C=O) groups excluding carboxylic acids is 1. The molecule has 0 spiro atoms. The van der Waals surface area contributed by atoms with E-state index in [2.05, 4.69) is 20.8 Å². The molecule has 1 aromatic heterocycles. The summed E-state index contributed by atoms with van der Waals surface area (Å²) in [6.07, 6.45) is 4.38. The molecule has 1 saturated carbocycles. The second-order valence-electron chi connectivity index (χ2n) is 5.34. The zero-order valence-corrected chi connectivity index (χ0v) is 13.0. The molecule has 2 aromatic rings. The summed E-state index contributed by atoms with van der Waals surface area (Å²) in [5.74, 6) is -1.79. The number of hydrogen-bond acceptors (Lipinski definition) is 5. The minimum absolute atomic E-state index is 0.0607. The summed E-state index contributed by atoms with van der Waals surface area (Å²) < 4.78 is 27.9. The van der Waals surface area contributed by atoms with E-state index in [-0.39, 0.29) is 23.4 Å². The number of tetrazole rings is 1. The quantitative estimate of drug-likeness (QED) is 0.848. The van der Waals surface area contributed by atoms with Crippen molar-refractivity contribution in [3.63, 3.8) is 0 Å². The maximum Gasteiger partial charge on any atom is 0.234 e. The molecule has 122 valence electrons. The maximum absolute atomic E-state index is 13.1. The van der Waals surface area contributed by atoms with E-state index in [0.717, 1.165) is 43.9 Å². The van der Waals surface area contributed by atoms with E-state index in [1.807, 2.05) is 0 Å². The van der Waals surface area contributed by atoms with Gasteiger partial charge in [0.2, 0.25) is 11.1 Å². The van der Waals surface area contributed by atoms with Crippen molar-refractivity contribution in [2.45, 2.75) is 36.9 Å². The summed E-state index contributed by atoms with van der Waals surface area (Å²) >= 11 is 1.20. The molecule has 0 atom stereocenters. The van der Waals surface area contributed by atoms with Crippen LogP contribution in [0.15, 0.2) is 23.4 Å². The van der Waals surface area contributed by atoms with Crippen LogP contribution < -0.4 is 5.32 Å². The molecule has 0 aliphatic heterocycles. The molecule has 0 unspecified atom stereocenters. The second kappa shape index (κ2) is 7.03. The number of aromatic nitrogens is 4. The third-order valence-corrected chi connectivity index (χ3v) is 4.55. The lowest BCUT2D eigenvalue weighted by Crippen LogP contribution is -2.15. The molecule has 0 radical (unpaired) electrons. The van der Waals surface area contributed by atoms with Crippen LogP contribution >= 0.6 is 11.8 Å². The minimum Gasteiger partial charge on any atom is -0.325 e. The van der Waals surface area contributed by atoms with Crippen LogP contribution in [0, 0.1) is 11.6 Å². The lowest BCUT2D eigenvalue weighted by atomic mass is 10.3. The van der Waals surface area contributed by atoms with Gasteiger partial charge in [-0.15, -0.1) is 5.10 Å². The summed E-state index contributed by atoms with van der Waals surface area (Å²) in [5, 5.41) is 14.6. The highest BCUT2D eigenvalue weighted by Crippen LogP contribution is 2.31. The molecule has 1 heterocycles. The van der Waals surface area contributed by atoms with Crippen LogP contribution in [-0.2, 0) is 4.79 Å². The van der Waals surface area contributed by atoms with E-state index in [4.69, 9.17) is 0 Å². The molecule has 0 saturated heterocycles. The lowest BCUT2D eigenvalue weighted by Gasteiger charge is -2.10. The Labute approximate surface area is 135 Å². The van der Waals surface area contributed by atoms with Gasteiger partial charge in [-0.05, 0) is 35.4 Å². The monoisotopic (exact) mass is 339 g/mol. The Kier molecular flexibility index (Phi) is 4.85. The molecule has 1 aliphatic carbocycles. The topological polar surface area (TPSA) is 72.7 Å². The Bertz CT molecular complexity index is 682. The third-order valence-electron chi connectivity index (χ3n) is 3.61. The average molecular weight is 339 g/mol. The summed E-state index contributed by atoms with van der Waals surface area (Å²) in [6.45, 7) is 0. The van der Waals surface area contributed by atoms with Crippen molar-refractivity contribution < 1.29 is 13.6 Å². The predicted octanol–water partition coefficient (Wildman–Crippen LogP) is 2.80. The zero-order chi connectivity index (χ0) is 16.2. The van der Waals surface area contributed by atoms with Gasteiger partial charge in [0.05, 0.1) is 11.8 Å². The van der Waals surface area contributed by atoms with E-state index in [9.17, 15) is 13.6 Å². The third kappa shape index (κ3) is 4.04. The largest absolute Gasteiger partial charge is 0.325 e. The van der Waals surface area contributed by atoms with Crippen molar-refractivity contribution >= 4 is 23.4 Å². The number of thioether (sulfide) groups is 1. The average Bonchev–Trinajstić information content (AvgIpc) is 3.15. The molecule has 0 bridgehead atoms. The van der Waals surface area contributed by atoms with Crippen molar-refractivity contribution in [3.8, 4) is 0 Å². The summed E-state index contributed by atoms with van der Waals surface area (Å²) in [7, 11) is 0. The number of hydrogen-bond donors (Lipinski definition) is 1.